The van der Waals surface area contributed by atoms with Crippen molar-refractivity contribution in [2.45, 2.75) is 12.6 Å². The van der Waals surface area contributed by atoms with Gasteiger partial charge >= 0.3 is 14.0 Å². The van der Waals surface area contributed by atoms with Crippen LogP contribution in [0.4, 0.5) is 13.2 Å². The molecule has 4 aromatic rings. The maximum Gasteiger partial charge on any atom is 0.668 e. The van der Waals surface area contributed by atoms with Crippen LogP contribution < -0.4 is 9.05 Å². The third-order valence-electron chi connectivity index (χ3n) is 5.49. The predicted octanol–water partition coefficient (Wildman–Crippen LogP) is 7.81. The summed E-state index contributed by atoms with van der Waals surface area (Å²) >= 11 is 0. The van der Waals surface area contributed by atoms with Crippen LogP contribution in [0.1, 0.15) is 16.7 Å². The molecule has 0 unspecified atom stereocenters. The van der Waals surface area contributed by atoms with E-state index in [1.165, 1.54) is 36.4 Å². The van der Waals surface area contributed by atoms with E-state index in [0.717, 1.165) is 22.3 Å². The van der Waals surface area contributed by atoms with Crippen LogP contribution in [0.5, 0.6) is 11.5 Å². The quantitative estimate of drug-likeness (QED) is 0.128. The largest absolute Gasteiger partial charge is 0.668 e. The van der Waals surface area contributed by atoms with E-state index < -0.39 is 19.7 Å². The van der Waals surface area contributed by atoms with Gasteiger partial charge in [0.15, 0.2) is 5.71 Å². The Morgan fingerprint density at radius 2 is 1.28 bits per heavy atom. The maximum absolute atomic E-state index is 14.1. The molecule has 0 aliphatic heterocycles. The van der Waals surface area contributed by atoms with E-state index in [2.05, 4.69) is 5.16 Å². The standard InChI is InChI=1S/C27H19F3NO4P/c28-27(29,30)26(20-15-16-25-21(18-20)17-19-9-7-8-14-24(19)25)31-35-36(32,33-22-10-3-1-4-11-22)34-23-12-5-2-6-13-23/h1-16,18H,17H2/b31-26-. The number of hydrogen-bond acceptors (Lipinski definition) is 5. The van der Waals surface area contributed by atoms with Gasteiger partial charge in [-0.2, -0.15) is 17.7 Å². The van der Waals surface area contributed by atoms with Crippen molar-refractivity contribution in [1.82, 2.24) is 0 Å². The molecule has 0 amide bonds. The Morgan fingerprint density at radius 3 is 1.89 bits per heavy atom. The SMILES string of the molecule is O=P(O/N=C(/c1ccc2c(c1)Cc1ccccc1-2)C(F)(F)F)(Oc1ccccc1)Oc1ccccc1. The highest BCUT2D eigenvalue weighted by molar-refractivity contribution is 7.49. The molecule has 0 N–H and O–H groups in total. The fourth-order valence-corrected chi connectivity index (χ4v) is 4.97. The van der Waals surface area contributed by atoms with Crippen LogP contribution in [-0.4, -0.2) is 11.9 Å². The molecule has 9 heteroatoms. The van der Waals surface area contributed by atoms with Gasteiger partial charge in [0, 0.05) is 5.56 Å². The van der Waals surface area contributed by atoms with Crippen molar-refractivity contribution in [3.8, 4) is 22.6 Å². The first-order valence-corrected chi connectivity index (χ1v) is 12.4. The highest BCUT2D eigenvalue weighted by atomic mass is 31.2. The summed E-state index contributed by atoms with van der Waals surface area (Å²) in [6, 6.07) is 27.7. The fourth-order valence-electron chi connectivity index (χ4n) is 3.92. The molecule has 182 valence electrons. The summed E-state index contributed by atoms with van der Waals surface area (Å²) in [6.45, 7) is 0. The first kappa shape index (κ1) is 23.7. The number of alkyl halides is 3. The molecule has 0 saturated carbocycles. The first-order valence-electron chi connectivity index (χ1n) is 11.0. The van der Waals surface area contributed by atoms with E-state index in [1.807, 2.05) is 24.3 Å². The van der Waals surface area contributed by atoms with Crippen molar-refractivity contribution in [3.05, 3.63) is 120 Å². The zero-order valence-electron chi connectivity index (χ0n) is 18.7. The van der Waals surface area contributed by atoms with E-state index >= 15 is 0 Å². The van der Waals surface area contributed by atoms with Crippen LogP contribution in [0.15, 0.2) is 108 Å². The summed E-state index contributed by atoms with van der Waals surface area (Å²) in [7, 11) is -4.66. The predicted molar refractivity (Wildman–Crippen MR) is 130 cm³/mol. The van der Waals surface area contributed by atoms with E-state index in [9.17, 15) is 17.7 Å². The molecule has 1 aliphatic rings. The molecule has 0 fully saturated rings. The zero-order chi connectivity index (χ0) is 25.2. The van der Waals surface area contributed by atoms with Crippen LogP contribution in [-0.2, 0) is 15.6 Å². The first-order chi connectivity index (χ1) is 17.3. The third-order valence-corrected chi connectivity index (χ3v) is 6.64. The summed E-state index contributed by atoms with van der Waals surface area (Å²) in [5, 5.41) is 3.28. The smallest absolute Gasteiger partial charge is 0.385 e. The number of phosphoric acid groups is 1. The molecule has 0 bridgehead atoms. The van der Waals surface area contributed by atoms with Crippen molar-refractivity contribution in [1.29, 1.82) is 0 Å². The molecule has 36 heavy (non-hydrogen) atoms. The zero-order valence-corrected chi connectivity index (χ0v) is 19.6. The average Bonchev–Trinajstić information content (AvgIpc) is 3.22. The van der Waals surface area contributed by atoms with Crippen molar-refractivity contribution in [3.63, 3.8) is 0 Å². The lowest BCUT2D eigenvalue weighted by Gasteiger charge is -2.18. The van der Waals surface area contributed by atoms with Crippen molar-refractivity contribution in [2.24, 2.45) is 5.16 Å². The Labute approximate surface area is 205 Å². The van der Waals surface area contributed by atoms with Gasteiger partial charge in [0.2, 0.25) is 0 Å². The van der Waals surface area contributed by atoms with Gasteiger partial charge in [-0.05, 0) is 59.0 Å². The summed E-state index contributed by atoms with van der Waals surface area (Å²) in [5.41, 5.74) is 2.04. The molecular formula is C27H19F3NO4P. The molecule has 0 radical (unpaired) electrons. The molecule has 0 heterocycles. The van der Waals surface area contributed by atoms with Crippen molar-refractivity contribution < 1.29 is 31.4 Å². The number of fused-ring (bicyclic) bond motifs is 3. The molecule has 0 saturated heterocycles. The van der Waals surface area contributed by atoms with Gasteiger partial charge in [-0.25, -0.2) is 0 Å². The topological polar surface area (TPSA) is 57.1 Å². The summed E-state index contributed by atoms with van der Waals surface area (Å²) in [4.78, 5) is 0. The summed E-state index contributed by atoms with van der Waals surface area (Å²) in [5.74, 6) is 0.159. The number of para-hydroxylation sites is 2. The molecule has 0 spiro atoms. The number of benzene rings is 4. The summed E-state index contributed by atoms with van der Waals surface area (Å²) < 4.78 is 71.3. The summed E-state index contributed by atoms with van der Waals surface area (Å²) in [6.07, 6.45) is -4.40. The lowest BCUT2D eigenvalue weighted by Crippen LogP contribution is -2.24. The Kier molecular flexibility index (Phi) is 6.29. The van der Waals surface area contributed by atoms with Gasteiger partial charge in [0.1, 0.15) is 11.5 Å². The third kappa shape index (κ3) is 5.14. The monoisotopic (exact) mass is 509 g/mol. The lowest BCUT2D eigenvalue weighted by molar-refractivity contribution is -0.0599. The number of rotatable bonds is 7. The van der Waals surface area contributed by atoms with E-state index in [1.54, 1.807) is 42.5 Å². The normalized spacial score (nSPS) is 13.0. The number of oxime groups is 1. The van der Waals surface area contributed by atoms with Crippen molar-refractivity contribution in [2.75, 3.05) is 0 Å². The van der Waals surface area contributed by atoms with Gasteiger partial charge < -0.3 is 9.05 Å². The Morgan fingerprint density at radius 1 is 0.722 bits per heavy atom. The molecule has 0 aromatic heterocycles. The highest BCUT2D eigenvalue weighted by Gasteiger charge is 2.41. The molecule has 4 aromatic carbocycles. The van der Waals surface area contributed by atoms with Crippen LogP contribution in [0.25, 0.3) is 11.1 Å². The second-order valence-electron chi connectivity index (χ2n) is 7.98. The minimum atomic E-state index is -4.90. The maximum atomic E-state index is 14.1. The van der Waals surface area contributed by atoms with E-state index in [-0.39, 0.29) is 17.1 Å². The lowest BCUT2D eigenvalue weighted by atomic mass is 10.0. The number of phosphoric ester groups is 1. The van der Waals surface area contributed by atoms with Crippen LogP contribution >= 0.6 is 7.82 Å². The average molecular weight is 509 g/mol. The Balaban J connectivity index is 1.49. The molecule has 1 aliphatic carbocycles. The molecule has 5 nitrogen and oxygen atoms in total. The Hall–Kier alpha value is -4.03. The minimum absolute atomic E-state index is 0.0795. The number of halogens is 3. The molecule has 5 rings (SSSR count). The van der Waals surface area contributed by atoms with Crippen molar-refractivity contribution >= 4 is 13.5 Å². The van der Waals surface area contributed by atoms with E-state index in [4.69, 9.17) is 13.7 Å². The van der Waals surface area contributed by atoms with Gasteiger partial charge in [-0.15, -0.1) is 0 Å². The number of nitrogens with zero attached hydrogens (tertiary/aromatic N) is 1. The molecular weight excluding hydrogens is 490 g/mol. The fraction of sp³-hybridized carbons (Fsp3) is 0.0741. The van der Waals surface area contributed by atoms with E-state index in [0.29, 0.717) is 6.42 Å². The minimum Gasteiger partial charge on any atom is -0.385 e. The van der Waals surface area contributed by atoms with Crippen LogP contribution in [0.3, 0.4) is 0 Å². The van der Waals surface area contributed by atoms with Gasteiger partial charge in [-0.3, -0.25) is 4.62 Å². The number of hydrogen-bond donors (Lipinski definition) is 0. The molecule has 0 atom stereocenters. The van der Waals surface area contributed by atoms with Gasteiger partial charge in [-0.1, -0.05) is 78.0 Å². The second kappa shape index (κ2) is 9.55. The van der Waals surface area contributed by atoms with Crippen LogP contribution in [0, 0.1) is 0 Å². The second-order valence-corrected chi connectivity index (χ2v) is 9.40. The Bertz CT molecular complexity index is 1410. The van der Waals surface area contributed by atoms with Gasteiger partial charge in [0.05, 0.1) is 0 Å². The van der Waals surface area contributed by atoms with Crippen LogP contribution in [0.2, 0.25) is 0 Å². The van der Waals surface area contributed by atoms with Gasteiger partial charge in [0.25, 0.3) is 0 Å². The highest BCUT2D eigenvalue weighted by Crippen LogP contribution is 2.50.